The van der Waals surface area contributed by atoms with Crippen LogP contribution in [0, 0.1) is 17.4 Å². The Bertz CT molecular complexity index is 914. The average Bonchev–Trinajstić information content (AvgIpc) is 2.52. The number of nitrogens with one attached hydrogen (secondary N) is 1. The lowest BCUT2D eigenvalue weighted by molar-refractivity contribution is -0.122. The van der Waals surface area contributed by atoms with Gasteiger partial charge in [0.05, 0.1) is 5.69 Å². The molecule has 25 heavy (non-hydrogen) atoms. The lowest BCUT2D eigenvalue weighted by atomic mass is 10.1. The number of nitrogens with zero attached hydrogens (tertiary/aromatic N) is 1. The van der Waals surface area contributed by atoms with Gasteiger partial charge in [-0.05, 0) is 77.4 Å². The Labute approximate surface area is 158 Å². The van der Waals surface area contributed by atoms with Crippen molar-refractivity contribution in [1.29, 1.82) is 0 Å². The van der Waals surface area contributed by atoms with Crippen LogP contribution in [0.4, 0.5) is 10.5 Å². The molecule has 2 aromatic carbocycles. The first-order valence-corrected chi connectivity index (χ1v) is 8.69. The number of amides is 4. The molecule has 0 aromatic heterocycles. The second kappa shape index (κ2) is 6.79. The molecule has 0 saturated carbocycles. The molecule has 0 atom stereocenters. The predicted octanol–water partition coefficient (Wildman–Crippen LogP) is 3.57. The van der Waals surface area contributed by atoms with Crippen molar-refractivity contribution >= 4 is 52.2 Å². The Morgan fingerprint density at radius 1 is 1.00 bits per heavy atom. The SMILES string of the molecule is Cc1cc(C)cc(N2C(=O)NC(=O)/C(=C\c3ccccc3I)C2=O)c1. The van der Waals surface area contributed by atoms with E-state index in [0.29, 0.717) is 5.69 Å². The normalized spacial score (nSPS) is 16.4. The van der Waals surface area contributed by atoms with Crippen LogP contribution in [0.25, 0.3) is 6.08 Å². The number of imide groups is 2. The number of halogens is 1. The summed E-state index contributed by atoms with van der Waals surface area (Å²) in [5.41, 5.74) is 2.98. The van der Waals surface area contributed by atoms with Crippen molar-refractivity contribution in [3.05, 3.63) is 68.3 Å². The topological polar surface area (TPSA) is 66.5 Å². The summed E-state index contributed by atoms with van der Waals surface area (Å²) in [7, 11) is 0. The van der Waals surface area contributed by atoms with E-state index in [-0.39, 0.29) is 5.57 Å². The van der Waals surface area contributed by atoms with Crippen molar-refractivity contribution in [1.82, 2.24) is 5.32 Å². The molecule has 0 radical (unpaired) electrons. The van der Waals surface area contributed by atoms with Gasteiger partial charge in [-0.3, -0.25) is 14.9 Å². The van der Waals surface area contributed by atoms with Crippen LogP contribution in [-0.2, 0) is 9.59 Å². The summed E-state index contributed by atoms with van der Waals surface area (Å²) in [6.07, 6.45) is 1.52. The van der Waals surface area contributed by atoms with Crippen molar-refractivity contribution in [2.75, 3.05) is 4.90 Å². The smallest absolute Gasteiger partial charge is 0.273 e. The molecule has 0 spiro atoms. The largest absolute Gasteiger partial charge is 0.335 e. The number of aryl methyl sites for hydroxylation is 2. The standard InChI is InChI=1S/C19H15IN2O3/c1-11-7-12(2)9-14(8-11)22-18(24)15(17(23)21-19(22)25)10-13-5-3-4-6-16(13)20/h3-10H,1-2H3,(H,21,23,25)/b15-10+. The second-order valence-electron chi connectivity index (χ2n) is 5.83. The number of benzene rings is 2. The molecule has 0 aliphatic carbocycles. The van der Waals surface area contributed by atoms with Gasteiger partial charge in [-0.25, -0.2) is 9.69 Å². The number of anilines is 1. The minimum atomic E-state index is -0.736. The van der Waals surface area contributed by atoms with E-state index in [1.807, 2.05) is 44.2 Å². The summed E-state index contributed by atoms with van der Waals surface area (Å²) in [6, 6.07) is 12.1. The minimum Gasteiger partial charge on any atom is -0.273 e. The molecule has 2 aromatic rings. The molecule has 1 fully saturated rings. The highest BCUT2D eigenvalue weighted by Crippen LogP contribution is 2.25. The summed E-state index contributed by atoms with van der Waals surface area (Å²) < 4.78 is 0.906. The van der Waals surface area contributed by atoms with E-state index in [4.69, 9.17) is 0 Å². The number of hydrogen-bond acceptors (Lipinski definition) is 3. The van der Waals surface area contributed by atoms with Crippen molar-refractivity contribution < 1.29 is 14.4 Å². The molecule has 6 heteroatoms. The molecule has 1 aliphatic rings. The van der Waals surface area contributed by atoms with Gasteiger partial charge >= 0.3 is 6.03 Å². The highest BCUT2D eigenvalue weighted by molar-refractivity contribution is 14.1. The fraction of sp³-hybridized carbons (Fsp3) is 0.105. The minimum absolute atomic E-state index is 0.0668. The summed E-state index contributed by atoms with van der Waals surface area (Å²) in [4.78, 5) is 38.3. The third-order valence-corrected chi connectivity index (χ3v) is 4.75. The predicted molar refractivity (Wildman–Crippen MR) is 104 cm³/mol. The molecule has 1 saturated heterocycles. The zero-order valence-electron chi connectivity index (χ0n) is 13.7. The Hall–Kier alpha value is -2.48. The molecule has 126 valence electrons. The van der Waals surface area contributed by atoms with Gasteiger partial charge in [0.15, 0.2) is 0 Å². The number of rotatable bonds is 2. The molecule has 4 amide bonds. The molecule has 1 heterocycles. The maximum atomic E-state index is 12.9. The quantitative estimate of drug-likeness (QED) is 0.436. The Kier molecular flexibility index (Phi) is 4.71. The summed E-state index contributed by atoms with van der Waals surface area (Å²) in [5.74, 6) is -1.31. The number of urea groups is 1. The van der Waals surface area contributed by atoms with E-state index >= 15 is 0 Å². The average molecular weight is 446 g/mol. The van der Waals surface area contributed by atoms with E-state index in [2.05, 4.69) is 27.9 Å². The van der Waals surface area contributed by atoms with E-state index in [1.165, 1.54) is 6.08 Å². The molecule has 3 rings (SSSR count). The van der Waals surface area contributed by atoms with Gasteiger partial charge in [0.2, 0.25) is 0 Å². The van der Waals surface area contributed by atoms with Crippen LogP contribution in [0.1, 0.15) is 16.7 Å². The number of carbonyl (C=O) groups is 3. The summed E-state index contributed by atoms with van der Waals surface area (Å²) in [5, 5.41) is 2.24. The number of carbonyl (C=O) groups excluding carboxylic acids is 3. The molecule has 1 aliphatic heterocycles. The van der Waals surface area contributed by atoms with Gasteiger partial charge in [0.25, 0.3) is 11.8 Å². The Balaban J connectivity index is 2.07. The number of hydrogen-bond donors (Lipinski definition) is 1. The highest BCUT2D eigenvalue weighted by atomic mass is 127. The van der Waals surface area contributed by atoms with Gasteiger partial charge in [-0.1, -0.05) is 24.3 Å². The van der Waals surface area contributed by atoms with Crippen molar-refractivity contribution in [3.8, 4) is 0 Å². The third-order valence-electron chi connectivity index (χ3n) is 3.77. The van der Waals surface area contributed by atoms with Crippen molar-refractivity contribution in [2.45, 2.75) is 13.8 Å². The van der Waals surface area contributed by atoms with Gasteiger partial charge in [0.1, 0.15) is 5.57 Å². The first-order valence-electron chi connectivity index (χ1n) is 7.61. The van der Waals surface area contributed by atoms with Gasteiger partial charge in [0, 0.05) is 3.57 Å². The highest BCUT2D eigenvalue weighted by Gasteiger charge is 2.37. The zero-order valence-corrected chi connectivity index (χ0v) is 15.8. The van der Waals surface area contributed by atoms with Gasteiger partial charge in [-0.2, -0.15) is 0 Å². The van der Waals surface area contributed by atoms with Crippen LogP contribution in [0.3, 0.4) is 0 Å². The zero-order chi connectivity index (χ0) is 18.1. The maximum absolute atomic E-state index is 12.9. The Morgan fingerprint density at radius 3 is 2.28 bits per heavy atom. The molecular weight excluding hydrogens is 431 g/mol. The van der Waals surface area contributed by atoms with Crippen molar-refractivity contribution in [3.63, 3.8) is 0 Å². The van der Waals surface area contributed by atoms with Crippen LogP contribution in [0.5, 0.6) is 0 Å². The first-order chi connectivity index (χ1) is 11.9. The molecular formula is C19H15IN2O3. The van der Waals surface area contributed by atoms with Crippen LogP contribution in [0.15, 0.2) is 48.0 Å². The monoisotopic (exact) mass is 446 g/mol. The first kappa shape index (κ1) is 17.3. The summed E-state index contributed by atoms with van der Waals surface area (Å²) >= 11 is 2.13. The fourth-order valence-corrected chi connectivity index (χ4v) is 3.26. The fourth-order valence-electron chi connectivity index (χ4n) is 2.72. The van der Waals surface area contributed by atoms with E-state index in [1.54, 1.807) is 12.1 Å². The van der Waals surface area contributed by atoms with E-state index < -0.39 is 17.8 Å². The third kappa shape index (κ3) is 3.48. The molecule has 0 bridgehead atoms. The van der Waals surface area contributed by atoms with Crippen LogP contribution in [0.2, 0.25) is 0 Å². The molecule has 1 N–H and O–H groups in total. The molecule has 5 nitrogen and oxygen atoms in total. The summed E-state index contributed by atoms with van der Waals surface area (Å²) in [6.45, 7) is 3.77. The van der Waals surface area contributed by atoms with Gasteiger partial charge in [-0.15, -0.1) is 0 Å². The van der Waals surface area contributed by atoms with Gasteiger partial charge < -0.3 is 0 Å². The lowest BCUT2D eigenvalue weighted by Gasteiger charge is -2.27. The van der Waals surface area contributed by atoms with Crippen LogP contribution >= 0.6 is 22.6 Å². The van der Waals surface area contributed by atoms with Crippen LogP contribution in [-0.4, -0.2) is 17.8 Å². The van der Waals surface area contributed by atoms with E-state index in [9.17, 15) is 14.4 Å². The molecule has 0 unspecified atom stereocenters. The van der Waals surface area contributed by atoms with Crippen molar-refractivity contribution in [2.24, 2.45) is 0 Å². The van der Waals surface area contributed by atoms with E-state index in [0.717, 1.165) is 25.2 Å². The van der Waals surface area contributed by atoms with Crippen LogP contribution < -0.4 is 10.2 Å². The number of barbiturate groups is 1. The Morgan fingerprint density at radius 2 is 1.64 bits per heavy atom. The maximum Gasteiger partial charge on any atom is 0.335 e. The lowest BCUT2D eigenvalue weighted by Crippen LogP contribution is -2.54. The second-order valence-corrected chi connectivity index (χ2v) is 6.99.